The van der Waals surface area contributed by atoms with Gasteiger partial charge in [0, 0.05) is 18.0 Å². The predicted octanol–water partition coefficient (Wildman–Crippen LogP) is 1.03. The molecule has 0 radical (unpaired) electrons. The summed E-state index contributed by atoms with van der Waals surface area (Å²) in [6.07, 6.45) is 2.79. The summed E-state index contributed by atoms with van der Waals surface area (Å²) in [5.74, 6) is -0.117. The zero-order valence-electron chi connectivity index (χ0n) is 14.5. The molecule has 3 rings (SSSR count). The van der Waals surface area contributed by atoms with Crippen molar-refractivity contribution in [3.05, 3.63) is 16.0 Å². The Labute approximate surface area is 150 Å². The van der Waals surface area contributed by atoms with E-state index in [1.807, 2.05) is 0 Å². The summed E-state index contributed by atoms with van der Waals surface area (Å²) in [6, 6.07) is 0. The van der Waals surface area contributed by atoms with Gasteiger partial charge < -0.3 is 15.4 Å². The van der Waals surface area contributed by atoms with E-state index in [1.54, 1.807) is 4.90 Å². The highest BCUT2D eigenvalue weighted by atomic mass is 32.1. The lowest BCUT2D eigenvalue weighted by Crippen LogP contribution is -2.49. The van der Waals surface area contributed by atoms with Gasteiger partial charge in [-0.25, -0.2) is 4.79 Å². The van der Waals surface area contributed by atoms with E-state index in [2.05, 4.69) is 17.6 Å². The van der Waals surface area contributed by atoms with Gasteiger partial charge in [0.25, 0.3) is 0 Å². The molecule has 1 aromatic heterocycles. The molecule has 0 bridgehead atoms. The lowest BCUT2D eigenvalue weighted by Gasteiger charge is -2.25. The largest absolute Gasteiger partial charge is 0.465 e. The third kappa shape index (κ3) is 4.01. The average Bonchev–Trinajstić information content (AvgIpc) is 2.90. The smallest absolute Gasteiger partial charge is 0.341 e. The molecule has 0 spiro atoms. The minimum atomic E-state index is -0.403. The summed E-state index contributed by atoms with van der Waals surface area (Å²) in [4.78, 5) is 39.0. The van der Waals surface area contributed by atoms with Gasteiger partial charge in [-0.3, -0.25) is 14.5 Å². The molecule has 1 fully saturated rings. The maximum absolute atomic E-state index is 12.4. The van der Waals surface area contributed by atoms with Crippen molar-refractivity contribution >= 4 is 34.1 Å². The fourth-order valence-corrected chi connectivity index (χ4v) is 4.77. The molecule has 0 aromatic carbocycles. The van der Waals surface area contributed by atoms with Crippen LogP contribution in [0.4, 0.5) is 5.00 Å². The molecule has 2 heterocycles. The second kappa shape index (κ2) is 7.53. The topological polar surface area (TPSA) is 87.7 Å². The number of rotatable bonds is 4. The third-order valence-electron chi connectivity index (χ3n) is 4.64. The van der Waals surface area contributed by atoms with Gasteiger partial charge >= 0.3 is 5.97 Å². The Balaban J connectivity index is 1.76. The number of piperazine rings is 1. The number of hydrogen-bond acceptors (Lipinski definition) is 6. The standard InChI is InChI=1S/C17H23N3O4S/c1-10-3-4-11-12(7-10)25-16(15(11)17(23)24-2)19-14(22)9-20-6-5-18-13(21)8-20/h10H,3-9H2,1-2H3,(H,18,21)(H,19,22). The van der Waals surface area contributed by atoms with Crippen molar-refractivity contribution in [3.8, 4) is 0 Å². The number of methoxy groups -OCH3 is 1. The second-order valence-corrected chi connectivity index (χ2v) is 7.76. The van der Waals surface area contributed by atoms with Gasteiger partial charge in [-0.05, 0) is 30.7 Å². The third-order valence-corrected chi connectivity index (χ3v) is 5.81. The number of carbonyl (C=O) groups excluding carboxylic acids is 3. The number of anilines is 1. The van der Waals surface area contributed by atoms with Crippen LogP contribution in [0.15, 0.2) is 0 Å². The van der Waals surface area contributed by atoms with Crippen LogP contribution in [0.25, 0.3) is 0 Å². The van der Waals surface area contributed by atoms with Gasteiger partial charge in [0.2, 0.25) is 11.8 Å². The minimum Gasteiger partial charge on any atom is -0.465 e. The van der Waals surface area contributed by atoms with Crippen LogP contribution in [0.2, 0.25) is 0 Å². The van der Waals surface area contributed by atoms with E-state index >= 15 is 0 Å². The molecule has 1 unspecified atom stereocenters. The van der Waals surface area contributed by atoms with Crippen LogP contribution in [0.1, 0.15) is 34.1 Å². The highest BCUT2D eigenvalue weighted by Gasteiger charge is 2.29. The zero-order chi connectivity index (χ0) is 18.0. The van der Waals surface area contributed by atoms with E-state index in [1.165, 1.54) is 18.4 Å². The number of fused-ring (bicyclic) bond motifs is 1. The Morgan fingerprint density at radius 1 is 1.44 bits per heavy atom. The molecular formula is C17H23N3O4S. The Morgan fingerprint density at radius 3 is 2.96 bits per heavy atom. The quantitative estimate of drug-likeness (QED) is 0.778. The van der Waals surface area contributed by atoms with Crippen LogP contribution < -0.4 is 10.6 Å². The van der Waals surface area contributed by atoms with Crippen molar-refractivity contribution in [1.29, 1.82) is 0 Å². The number of nitrogens with one attached hydrogen (secondary N) is 2. The van der Waals surface area contributed by atoms with Gasteiger partial charge in [-0.15, -0.1) is 11.3 Å². The lowest BCUT2D eigenvalue weighted by atomic mass is 9.88. The first-order chi connectivity index (χ1) is 12.0. The monoisotopic (exact) mass is 365 g/mol. The van der Waals surface area contributed by atoms with Crippen molar-refractivity contribution < 1.29 is 19.1 Å². The van der Waals surface area contributed by atoms with Gasteiger partial charge in [-0.1, -0.05) is 6.92 Å². The number of carbonyl (C=O) groups is 3. The summed E-state index contributed by atoms with van der Waals surface area (Å²) < 4.78 is 4.93. The Bertz CT molecular complexity index is 700. The molecular weight excluding hydrogens is 342 g/mol. The lowest BCUT2D eigenvalue weighted by molar-refractivity contribution is -0.125. The van der Waals surface area contributed by atoms with E-state index in [9.17, 15) is 14.4 Å². The number of hydrogen-bond donors (Lipinski definition) is 2. The molecule has 136 valence electrons. The maximum atomic E-state index is 12.4. The van der Waals surface area contributed by atoms with Crippen LogP contribution in [-0.2, 0) is 27.2 Å². The van der Waals surface area contributed by atoms with Crippen LogP contribution in [0.5, 0.6) is 0 Å². The van der Waals surface area contributed by atoms with Crippen LogP contribution in [0, 0.1) is 5.92 Å². The first kappa shape index (κ1) is 17.9. The molecule has 1 atom stereocenters. The minimum absolute atomic E-state index is 0.0742. The summed E-state index contributed by atoms with van der Waals surface area (Å²) >= 11 is 1.47. The summed E-state index contributed by atoms with van der Waals surface area (Å²) in [5.41, 5.74) is 1.52. The van der Waals surface area contributed by atoms with Crippen molar-refractivity contribution in [2.45, 2.75) is 26.2 Å². The average molecular weight is 365 g/mol. The summed E-state index contributed by atoms with van der Waals surface area (Å²) in [6.45, 7) is 3.73. The maximum Gasteiger partial charge on any atom is 0.341 e. The SMILES string of the molecule is COC(=O)c1c(NC(=O)CN2CCNC(=O)C2)sc2c1CCC(C)C2. The Hall–Kier alpha value is -1.93. The molecule has 1 aliphatic heterocycles. The first-order valence-corrected chi connectivity index (χ1v) is 9.31. The van der Waals surface area contributed by atoms with Gasteiger partial charge in [0.15, 0.2) is 0 Å². The van der Waals surface area contributed by atoms with E-state index < -0.39 is 5.97 Å². The second-order valence-electron chi connectivity index (χ2n) is 6.66. The van der Waals surface area contributed by atoms with E-state index in [4.69, 9.17) is 4.74 Å². The van der Waals surface area contributed by atoms with Crippen LogP contribution in [-0.4, -0.2) is 56.0 Å². The van der Waals surface area contributed by atoms with Crippen molar-refractivity contribution in [1.82, 2.24) is 10.2 Å². The molecule has 7 nitrogen and oxygen atoms in total. The molecule has 2 N–H and O–H groups in total. The molecule has 2 amide bonds. The molecule has 8 heteroatoms. The highest BCUT2D eigenvalue weighted by Crippen LogP contribution is 2.40. The van der Waals surface area contributed by atoms with E-state index in [0.717, 1.165) is 29.7 Å². The zero-order valence-corrected chi connectivity index (χ0v) is 15.3. The Morgan fingerprint density at radius 2 is 2.24 bits per heavy atom. The fourth-order valence-electron chi connectivity index (χ4n) is 3.35. The predicted molar refractivity (Wildman–Crippen MR) is 94.9 cm³/mol. The molecule has 0 saturated carbocycles. The van der Waals surface area contributed by atoms with Gasteiger partial charge in [0.1, 0.15) is 5.00 Å². The van der Waals surface area contributed by atoms with Gasteiger partial charge in [0.05, 0.1) is 25.8 Å². The highest BCUT2D eigenvalue weighted by molar-refractivity contribution is 7.17. The van der Waals surface area contributed by atoms with Crippen molar-refractivity contribution in [2.24, 2.45) is 5.92 Å². The van der Waals surface area contributed by atoms with Crippen molar-refractivity contribution in [2.75, 3.05) is 38.6 Å². The number of amides is 2. The number of thiophene rings is 1. The van der Waals surface area contributed by atoms with Crippen LogP contribution >= 0.6 is 11.3 Å². The van der Waals surface area contributed by atoms with E-state index in [-0.39, 0.29) is 24.9 Å². The summed E-state index contributed by atoms with van der Waals surface area (Å²) in [7, 11) is 1.36. The Kier molecular flexibility index (Phi) is 5.39. The molecule has 1 saturated heterocycles. The number of esters is 1. The van der Waals surface area contributed by atoms with Crippen molar-refractivity contribution in [3.63, 3.8) is 0 Å². The van der Waals surface area contributed by atoms with E-state index in [0.29, 0.717) is 29.6 Å². The molecule has 25 heavy (non-hydrogen) atoms. The molecule has 1 aromatic rings. The van der Waals surface area contributed by atoms with Crippen LogP contribution in [0.3, 0.4) is 0 Å². The summed E-state index contributed by atoms with van der Waals surface area (Å²) in [5, 5.41) is 6.16. The molecule has 2 aliphatic rings. The number of nitrogens with zero attached hydrogens (tertiary/aromatic N) is 1. The fraction of sp³-hybridized carbons (Fsp3) is 0.588. The molecule has 1 aliphatic carbocycles. The number of ether oxygens (including phenoxy) is 1. The normalized spacial score (nSPS) is 20.6. The van der Waals surface area contributed by atoms with Gasteiger partial charge in [-0.2, -0.15) is 0 Å². The first-order valence-electron chi connectivity index (χ1n) is 8.49.